The normalized spacial score (nSPS) is 15.9. The van der Waals surface area contributed by atoms with Gasteiger partial charge in [0, 0.05) is 36.9 Å². The van der Waals surface area contributed by atoms with Crippen molar-refractivity contribution in [2.45, 2.75) is 32.7 Å². The third-order valence-electron chi connectivity index (χ3n) is 4.51. The standard InChI is InChI=1S/C23H28N6O4S2/c1-6-16-12-19-18(32-15-33-19)8-9-20(16)34-22(27-17-13-25-14-26-21(17)24)29(5)10-7-11-35(30,31)28-23(2,3)4/h1,8,12-14,28H,7,10-11,15H2,2-5H3,(H2,24,25,26)/b27-22+. The molecule has 1 aromatic heterocycles. The van der Waals surface area contributed by atoms with Crippen LogP contribution in [0.3, 0.4) is 0 Å². The van der Waals surface area contributed by atoms with Crippen LogP contribution in [0.15, 0.2) is 57.4 Å². The molecule has 3 rings (SSSR count). The summed E-state index contributed by atoms with van der Waals surface area (Å²) in [7, 11) is -1.63. The SMILES string of the molecule is C#CC1=CC2=C(C=C=C1S/C(=N/c1cncnc1N)N(C)CCCS(=O)(=O)NC(C)(C)C)OCO2. The van der Waals surface area contributed by atoms with Crippen LogP contribution in [0, 0.1) is 12.3 Å². The first kappa shape index (κ1) is 26.4. The smallest absolute Gasteiger partial charge is 0.231 e. The molecule has 0 saturated heterocycles. The zero-order chi connectivity index (χ0) is 25.6. The van der Waals surface area contributed by atoms with Crippen LogP contribution in [0.25, 0.3) is 0 Å². The summed E-state index contributed by atoms with van der Waals surface area (Å²) in [6.07, 6.45) is 12.3. The number of amidine groups is 1. The Kier molecular flexibility index (Phi) is 8.30. The van der Waals surface area contributed by atoms with E-state index in [0.29, 0.717) is 45.8 Å². The van der Waals surface area contributed by atoms with Gasteiger partial charge < -0.3 is 20.1 Å². The maximum Gasteiger partial charge on any atom is 0.231 e. The van der Waals surface area contributed by atoms with E-state index in [-0.39, 0.29) is 18.4 Å². The average molecular weight is 517 g/mol. The minimum Gasteiger partial charge on any atom is -0.454 e. The minimum absolute atomic E-state index is 0.0351. The molecule has 10 nitrogen and oxygen atoms in total. The Bertz CT molecular complexity index is 1280. The molecule has 0 aromatic carbocycles. The molecule has 2 aliphatic rings. The zero-order valence-electron chi connectivity index (χ0n) is 20.0. The number of nitrogens with one attached hydrogen (secondary N) is 1. The number of nitrogens with zero attached hydrogens (tertiary/aromatic N) is 4. The number of aromatic nitrogens is 2. The van der Waals surface area contributed by atoms with Crippen molar-refractivity contribution in [2.24, 2.45) is 4.99 Å². The zero-order valence-corrected chi connectivity index (χ0v) is 21.7. The van der Waals surface area contributed by atoms with Gasteiger partial charge in [0.2, 0.25) is 16.8 Å². The molecule has 12 heteroatoms. The highest BCUT2D eigenvalue weighted by atomic mass is 32.2. The van der Waals surface area contributed by atoms with Crippen LogP contribution in [0.4, 0.5) is 11.5 Å². The topological polar surface area (TPSA) is 132 Å². The fourth-order valence-electron chi connectivity index (χ4n) is 3.02. The number of anilines is 1. The summed E-state index contributed by atoms with van der Waals surface area (Å²) in [4.78, 5) is 15.1. The van der Waals surface area contributed by atoms with Gasteiger partial charge in [-0.05, 0) is 39.0 Å². The van der Waals surface area contributed by atoms with E-state index in [4.69, 9.17) is 21.6 Å². The Labute approximate surface area is 210 Å². The molecule has 1 aliphatic carbocycles. The number of hydrogen-bond donors (Lipinski definition) is 2. The van der Waals surface area contributed by atoms with Crippen molar-refractivity contribution in [3.05, 3.63) is 52.4 Å². The lowest BCUT2D eigenvalue weighted by Gasteiger charge is -2.23. The highest BCUT2D eigenvalue weighted by Gasteiger charge is 2.22. The molecule has 1 aromatic rings. The number of ether oxygens (including phenoxy) is 2. The lowest BCUT2D eigenvalue weighted by atomic mass is 10.1. The number of nitrogens with two attached hydrogens (primary N) is 1. The van der Waals surface area contributed by atoms with Crippen LogP contribution in [0.5, 0.6) is 0 Å². The maximum atomic E-state index is 12.4. The van der Waals surface area contributed by atoms with Gasteiger partial charge in [0.15, 0.2) is 22.5 Å². The second-order valence-corrected chi connectivity index (χ2v) is 11.5. The summed E-state index contributed by atoms with van der Waals surface area (Å²) < 4.78 is 38.3. The summed E-state index contributed by atoms with van der Waals surface area (Å²) >= 11 is 1.26. The fraction of sp³-hybridized carbons (Fsp3) is 0.391. The molecule has 0 amide bonds. The summed E-state index contributed by atoms with van der Waals surface area (Å²) in [6, 6.07) is 0. The number of sulfonamides is 1. The first-order valence-electron chi connectivity index (χ1n) is 10.7. The molecule has 0 atom stereocenters. The molecule has 35 heavy (non-hydrogen) atoms. The van der Waals surface area contributed by atoms with E-state index in [0.717, 1.165) is 0 Å². The van der Waals surface area contributed by atoms with E-state index >= 15 is 0 Å². The van der Waals surface area contributed by atoms with Crippen LogP contribution in [-0.2, 0) is 19.5 Å². The number of allylic oxidation sites excluding steroid dienone is 2. The lowest BCUT2D eigenvalue weighted by molar-refractivity contribution is 0.0777. The van der Waals surface area contributed by atoms with E-state index in [1.807, 2.05) is 4.90 Å². The van der Waals surface area contributed by atoms with Crippen molar-refractivity contribution in [2.75, 3.05) is 31.9 Å². The van der Waals surface area contributed by atoms with Crippen LogP contribution in [0.1, 0.15) is 27.2 Å². The van der Waals surface area contributed by atoms with E-state index in [9.17, 15) is 8.42 Å². The predicted octanol–water partition coefficient (Wildman–Crippen LogP) is 2.65. The highest BCUT2D eigenvalue weighted by Crippen LogP contribution is 2.33. The number of hydrogen-bond acceptors (Lipinski definition) is 9. The molecular formula is C23H28N6O4S2. The van der Waals surface area contributed by atoms with Gasteiger partial charge in [-0.2, -0.15) is 0 Å². The molecule has 186 valence electrons. The Morgan fingerprint density at radius 1 is 1.40 bits per heavy atom. The molecular weight excluding hydrogens is 488 g/mol. The van der Waals surface area contributed by atoms with Gasteiger partial charge in [-0.15, -0.1) is 12.2 Å². The molecule has 0 radical (unpaired) electrons. The van der Waals surface area contributed by atoms with Crippen LogP contribution in [0.2, 0.25) is 0 Å². The molecule has 0 spiro atoms. The van der Waals surface area contributed by atoms with E-state index in [2.05, 4.69) is 31.3 Å². The van der Waals surface area contributed by atoms with E-state index in [1.54, 1.807) is 40.0 Å². The second-order valence-electron chi connectivity index (χ2n) is 8.69. The van der Waals surface area contributed by atoms with Gasteiger partial charge in [0.25, 0.3) is 0 Å². The Morgan fingerprint density at radius 2 is 2.14 bits per heavy atom. The van der Waals surface area contributed by atoms with Crippen LogP contribution < -0.4 is 10.5 Å². The molecule has 0 unspecified atom stereocenters. The Hall–Kier alpha value is -3.23. The fourth-order valence-corrected chi connectivity index (χ4v) is 5.49. The van der Waals surface area contributed by atoms with Crippen molar-refractivity contribution in [3.63, 3.8) is 0 Å². The predicted molar refractivity (Wildman–Crippen MR) is 138 cm³/mol. The average Bonchev–Trinajstić information content (AvgIpc) is 3.13. The van der Waals surface area contributed by atoms with Gasteiger partial charge in [-0.1, -0.05) is 5.92 Å². The number of thioether (sulfide) groups is 1. The van der Waals surface area contributed by atoms with E-state index in [1.165, 1.54) is 24.3 Å². The van der Waals surface area contributed by atoms with E-state index < -0.39 is 15.6 Å². The number of terminal acetylenes is 1. The summed E-state index contributed by atoms with van der Waals surface area (Å²) in [5.74, 6) is 3.90. The number of rotatable bonds is 7. The van der Waals surface area contributed by atoms with Crippen molar-refractivity contribution >= 4 is 38.5 Å². The minimum atomic E-state index is -3.43. The first-order chi connectivity index (χ1) is 16.5. The summed E-state index contributed by atoms with van der Waals surface area (Å²) in [5, 5.41) is 0.508. The van der Waals surface area contributed by atoms with Gasteiger partial charge in [-0.25, -0.2) is 28.1 Å². The quantitative estimate of drug-likeness (QED) is 0.243. The number of aliphatic imine (C=N–C) groups is 1. The first-order valence-corrected chi connectivity index (χ1v) is 13.1. The number of nitrogen functional groups attached to an aromatic ring is 1. The Morgan fingerprint density at radius 3 is 2.83 bits per heavy atom. The Balaban J connectivity index is 1.84. The molecule has 0 fully saturated rings. The van der Waals surface area contributed by atoms with Gasteiger partial charge >= 0.3 is 0 Å². The monoisotopic (exact) mass is 516 g/mol. The van der Waals surface area contributed by atoms with Gasteiger partial charge in [0.1, 0.15) is 12.0 Å². The van der Waals surface area contributed by atoms with Crippen LogP contribution in [-0.4, -0.2) is 60.1 Å². The van der Waals surface area contributed by atoms with Crippen molar-refractivity contribution < 1.29 is 17.9 Å². The third kappa shape index (κ3) is 7.63. The third-order valence-corrected chi connectivity index (χ3v) is 7.39. The summed E-state index contributed by atoms with van der Waals surface area (Å²) in [6.45, 7) is 5.92. The largest absolute Gasteiger partial charge is 0.454 e. The highest BCUT2D eigenvalue weighted by molar-refractivity contribution is 8.17. The molecule has 0 bridgehead atoms. The molecule has 1 aliphatic heterocycles. The van der Waals surface area contributed by atoms with Crippen molar-refractivity contribution in [1.29, 1.82) is 0 Å². The van der Waals surface area contributed by atoms with Crippen LogP contribution >= 0.6 is 11.8 Å². The van der Waals surface area contributed by atoms with Crippen molar-refractivity contribution in [3.8, 4) is 12.3 Å². The lowest BCUT2D eigenvalue weighted by Crippen LogP contribution is -2.42. The molecule has 3 N–H and O–H groups in total. The van der Waals surface area contributed by atoms with Crippen molar-refractivity contribution in [1.82, 2.24) is 19.6 Å². The molecule has 0 saturated carbocycles. The molecule has 2 heterocycles. The van der Waals surface area contributed by atoms with Gasteiger partial charge in [-0.3, -0.25) is 0 Å². The maximum absolute atomic E-state index is 12.4. The second kappa shape index (κ2) is 11.0. The summed E-state index contributed by atoms with van der Waals surface area (Å²) in [5.41, 5.74) is 9.49. The van der Waals surface area contributed by atoms with Gasteiger partial charge in [0.05, 0.1) is 16.9 Å².